The van der Waals surface area contributed by atoms with E-state index in [1.54, 1.807) is 17.5 Å². The highest BCUT2D eigenvalue weighted by molar-refractivity contribution is 7.94. The zero-order chi connectivity index (χ0) is 18.4. The molecule has 1 fully saturated rings. The van der Waals surface area contributed by atoms with E-state index in [4.69, 9.17) is 0 Å². The van der Waals surface area contributed by atoms with Gasteiger partial charge in [0.2, 0.25) is 0 Å². The summed E-state index contributed by atoms with van der Waals surface area (Å²) in [5, 5.41) is 8.59. The van der Waals surface area contributed by atoms with Crippen molar-refractivity contribution in [3.8, 4) is 0 Å². The quantitative estimate of drug-likeness (QED) is 0.638. The average Bonchev–Trinajstić information content (AvgIpc) is 3.19. The van der Waals surface area contributed by atoms with Gasteiger partial charge in [-0.1, -0.05) is 24.3 Å². The van der Waals surface area contributed by atoms with E-state index in [9.17, 15) is 8.42 Å². The molecule has 0 amide bonds. The van der Waals surface area contributed by atoms with E-state index in [-0.39, 0.29) is 0 Å². The predicted octanol–water partition coefficient (Wildman–Crippen LogP) is 1.93. The molecule has 0 radical (unpaired) electrons. The fourth-order valence-electron chi connectivity index (χ4n) is 3.05. The lowest BCUT2D eigenvalue weighted by Crippen LogP contribution is -2.50. The minimum Gasteiger partial charge on any atom is -0.314 e. The van der Waals surface area contributed by atoms with Crippen LogP contribution < -0.4 is 15.4 Å². The van der Waals surface area contributed by atoms with E-state index in [0.29, 0.717) is 22.5 Å². The van der Waals surface area contributed by atoms with Crippen LogP contribution in [0.2, 0.25) is 0 Å². The largest absolute Gasteiger partial charge is 0.314 e. The molecule has 1 saturated heterocycles. The van der Waals surface area contributed by atoms with Crippen molar-refractivity contribution in [2.75, 3.05) is 37.4 Å². The summed E-state index contributed by atoms with van der Waals surface area (Å²) >= 11 is 1.22. The maximum atomic E-state index is 12.5. The van der Waals surface area contributed by atoms with Gasteiger partial charge in [-0.15, -0.1) is 11.3 Å². The van der Waals surface area contributed by atoms with Crippen molar-refractivity contribution in [1.82, 2.24) is 15.5 Å². The van der Waals surface area contributed by atoms with Crippen LogP contribution in [0.3, 0.4) is 0 Å². The lowest BCUT2D eigenvalue weighted by atomic mass is 10.1. The van der Waals surface area contributed by atoms with Crippen LogP contribution in [0.25, 0.3) is 0 Å². The molecule has 26 heavy (non-hydrogen) atoms. The molecular formula is C18H26N4O2S2. The Hall–Kier alpha value is -1.45. The lowest BCUT2D eigenvalue weighted by molar-refractivity contribution is 0.181. The molecule has 3 N–H and O–H groups in total. The van der Waals surface area contributed by atoms with Crippen molar-refractivity contribution in [2.24, 2.45) is 0 Å². The molecule has 1 aromatic carbocycles. The third kappa shape index (κ3) is 5.05. The number of piperazine rings is 1. The van der Waals surface area contributed by atoms with E-state index in [1.807, 2.05) is 24.3 Å². The van der Waals surface area contributed by atoms with E-state index in [1.165, 1.54) is 11.3 Å². The second-order valence-electron chi connectivity index (χ2n) is 6.46. The first-order chi connectivity index (χ1) is 12.6. The van der Waals surface area contributed by atoms with Gasteiger partial charge < -0.3 is 10.6 Å². The smallest absolute Gasteiger partial charge is 0.271 e. The molecular weight excluding hydrogens is 368 g/mol. The molecule has 1 unspecified atom stereocenters. The monoisotopic (exact) mass is 394 g/mol. The zero-order valence-electron chi connectivity index (χ0n) is 14.9. The molecule has 2 aromatic rings. The van der Waals surface area contributed by atoms with Crippen LogP contribution in [-0.4, -0.2) is 52.1 Å². The molecule has 0 spiro atoms. The molecule has 1 aromatic heterocycles. The fraction of sp³-hybridized carbons (Fsp3) is 0.444. The number of benzene rings is 1. The van der Waals surface area contributed by atoms with Gasteiger partial charge in [0.15, 0.2) is 0 Å². The number of nitrogens with one attached hydrogen (secondary N) is 3. The molecule has 8 heteroatoms. The van der Waals surface area contributed by atoms with Gasteiger partial charge in [0.05, 0.1) is 5.69 Å². The van der Waals surface area contributed by atoms with Crippen LogP contribution in [0, 0.1) is 0 Å². The SMILES string of the molecule is CC(CNCc1ccccc1NS(=O)(=O)c1cccs1)N1CCNCC1. The Bertz CT molecular complexity index is 787. The second-order valence-corrected chi connectivity index (χ2v) is 9.32. The normalized spacial score (nSPS) is 17.1. The topological polar surface area (TPSA) is 73.5 Å². The summed E-state index contributed by atoms with van der Waals surface area (Å²) in [5.74, 6) is 0. The Morgan fingerprint density at radius 1 is 1.19 bits per heavy atom. The van der Waals surface area contributed by atoms with Crippen molar-refractivity contribution in [2.45, 2.75) is 23.7 Å². The van der Waals surface area contributed by atoms with Crippen LogP contribution in [-0.2, 0) is 16.6 Å². The summed E-state index contributed by atoms with van der Waals surface area (Å²) in [6.07, 6.45) is 0. The minimum atomic E-state index is -3.53. The molecule has 6 nitrogen and oxygen atoms in total. The maximum absolute atomic E-state index is 12.5. The molecule has 142 valence electrons. The summed E-state index contributed by atoms with van der Waals surface area (Å²) in [6.45, 7) is 7.94. The molecule has 0 bridgehead atoms. The lowest BCUT2D eigenvalue weighted by Gasteiger charge is -2.33. The first-order valence-corrected chi connectivity index (χ1v) is 11.2. The number of sulfonamides is 1. The fourth-order valence-corrected chi connectivity index (χ4v) is 5.15. The zero-order valence-corrected chi connectivity index (χ0v) is 16.6. The predicted molar refractivity (Wildman–Crippen MR) is 107 cm³/mol. The van der Waals surface area contributed by atoms with Crippen molar-refractivity contribution >= 4 is 27.0 Å². The molecule has 1 atom stereocenters. The Balaban J connectivity index is 1.59. The summed E-state index contributed by atoms with van der Waals surface area (Å²) in [5.41, 5.74) is 1.57. The second kappa shape index (κ2) is 8.96. The van der Waals surface area contributed by atoms with Crippen LogP contribution >= 0.6 is 11.3 Å². The Morgan fingerprint density at radius 3 is 2.69 bits per heavy atom. The summed E-state index contributed by atoms with van der Waals surface area (Å²) in [6, 6.07) is 11.3. The molecule has 0 saturated carbocycles. The average molecular weight is 395 g/mol. The van der Waals surface area contributed by atoms with Gasteiger partial charge in [0.1, 0.15) is 4.21 Å². The van der Waals surface area contributed by atoms with Crippen molar-refractivity contribution in [3.63, 3.8) is 0 Å². The van der Waals surface area contributed by atoms with Gasteiger partial charge in [-0.05, 0) is 30.0 Å². The van der Waals surface area contributed by atoms with E-state index < -0.39 is 10.0 Å². The minimum absolute atomic E-state index is 0.326. The molecule has 3 rings (SSSR count). The first kappa shape index (κ1) is 19.3. The standard InChI is InChI=1S/C18H26N4O2S2/c1-15(22-10-8-19-9-11-22)13-20-14-16-5-2-3-6-17(16)21-26(23,24)18-7-4-12-25-18/h2-7,12,15,19-21H,8-11,13-14H2,1H3. The third-order valence-corrected chi connectivity index (χ3v) is 7.31. The molecule has 1 aliphatic heterocycles. The van der Waals surface area contributed by atoms with Crippen LogP contribution in [0.1, 0.15) is 12.5 Å². The number of para-hydroxylation sites is 1. The molecule has 2 heterocycles. The number of rotatable bonds is 8. The first-order valence-electron chi connectivity index (χ1n) is 8.86. The summed E-state index contributed by atoms with van der Waals surface area (Å²) in [4.78, 5) is 2.47. The van der Waals surface area contributed by atoms with Crippen molar-refractivity contribution < 1.29 is 8.42 Å². The van der Waals surface area contributed by atoms with E-state index >= 15 is 0 Å². The highest BCUT2D eigenvalue weighted by Crippen LogP contribution is 2.22. The Labute approximate surface area is 159 Å². The van der Waals surface area contributed by atoms with Crippen molar-refractivity contribution in [3.05, 3.63) is 47.3 Å². The van der Waals surface area contributed by atoms with Crippen LogP contribution in [0.4, 0.5) is 5.69 Å². The molecule has 0 aliphatic carbocycles. The van der Waals surface area contributed by atoms with Crippen molar-refractivity contribution in [1.29, 1.82) is 0 Å². The van der Waals surface area contributed by atoms with Gasteiger partial charge in [-0.25, -0.2) is 8.42 Å². The number of thiophene rings is 1. The van der Waals surface area contributed by atoms with E-state index in [0.717, 1.165) is 38.3 Å². The Kier molecular flexibility index (Phi) is 6.66. The number of hydrogen-bond donors (Lipinski definition) is 3. The molecule has 1 aliphatic rings. The van der Waals surface area contributed by atoms with Crippen LogP contribution in [0.15, 0.2) is 46.0 Å². The van der Waals surface area contributed by atoms with Gasteiger partial charge >= 0.3 is 0 Å². The summed E-state index contributed by atoms with van der Waals surface area (Å²) in [7, 11) is -3.53. The van der Waals surface area contributed by atoms with Crippen LogP contribution in [0.5, 0.6) is 0 Å². The van der Waals surface area contributed by atoms with Gasteiger partial charge in [0.25, 0.3) is 10.0 Å². The highest BCUT2D eigenvalue weighted by Gasteiger charge is 2.18. The Morgan fingerprint density at radius 2 is 1.96 bits per heavy atom. The maximum Gasteiger partial charge on any atom is 0.271 e. The highest BCUT2D eigenvalue weighted by atomic mass is 32.2. The van der Waals surface area contributed by atoms with Gasteiger partial charge in [0, 0.05) is 45.3 Å². The summed E-state index contributed by atoms with van der Waals surface area (Å²) < 4.78 is 28.0. The van der Waals surface area contributed by atoms with Gasteiger partial charge in [-0.3, -0.25) is 9.62 Å². The number of anilines is 1. The number of hydrogen-bond acceptors (Lipinski definition) is 6. The number of nitrogens with zero attached hydrogens (tertiary/aromatic N) is 1. The van der Waals surface area contributed by atoms with Gasteiger partial charge in [-0.2, -0.15) is 0 Å². The third-order valence-electron chi connectivity index (χ3n) is 4.55. The van der Waals surface area contributed by atoms with E-state index in [2.05, 4.69) is 27.2 Å².